The van der Waals surface area contributed by atoms with E-state index in [1.165, 1.54) is 19.4 Å². The Labute approximate surface area is 206 Å². The van der Waals surface area contributed by atoms with Gasteiger partial charge in [-0.3, -0.25) is 4.79 Å². The molecule has 174 valence electrons. The number of hydrazone groups is 1. The molecular weight excluding hydrogens is 500 g/mol. The molecule has 3 aromatic rings. The number of nitrogens with zero attached hydrogens (tertiary/aromatic N) is 1. The van der Waals surface area contributed by atoms with Gasteiger partial charge in [0.1, 0.15) is 5.75 Å². The van der Waals surface area contributed by atoms with Gasteiger partial charge in [0.05, 0.1) is 13.3 Å². The van der Waals surface area contributed by atoms with Gasteiger partial charge in [0.25, 0.3) is 5.91 Å². The zero-order valence-electron chi connectivity index (χ0n) is 18.6. The van der Waals surface area contributed by atoms with Crippen LogP contribution in [0.5, 0.6) is 17.2 Å². The van der Waals surface area contributed by atoms with E-state index in [0.29, 0.717) is 17.1 Å². The quantitative estimate of drug-likeness (QED) is 0.140. The van der Waals surface area contributed by atoms with Crippen molar-refractivity contribution in [2.24, 2.45) is 5.10 Å². The number of esters is 1. The molecule has 1 N–H and O–H groups in total. The third kappa shape index (κ3) is 7.60. The van der Waals surface area contributed by atoms with E-state index in [0.717, 1.165) is 10.0 Å². The van der Waals surface area contributed by atoms with E-state index in [2.05, 4.69) is 26.5 Å². The van der Waals surface area contributed by atoms with Gasteiger partial charge in [-0.05, 0) is 66.6 Å². The molecule has 3 rings (SSSR count). The molecule has 0 aliphatic heterocycles. The van der Waals surface area contributed by atoms with Crippen LogP contribution in [0.1, 0.15) is 18.1 Å². The van der Waals surface area contributed by atoms with Crippen LogP contribution < -0.4 is 19.6 Å². The highest BCUT2D eigenvalue weighted by molar-refractivity contribution is 9.10. The van der Waals surface area contributed by atoms with E-state index in [1.54, 1.807) is 43.3 Å². The Kier molecular flexibility index (Phi) is 8.99. The number of ether oxygens (including phenoxy) is 3. The maximum Gasteiger partial charge on any atom is 0.336 e. The first-order chi connectivity index (χ1) is 16.4. The van der Waals surface area contributed by atoms with E-state index in [1.807, 2.05) is 42.5 Å². The molecule has 1 amide bonds. The topological polar surface area (TPSA) is 86.2 Å². The lowest BCUT2D eigenvalue weighted by Crippen LogP contribution is -2.33. The number of hydrogen-bond donors (Lipinski definition) is 1. The normalized spacial score (nSPS) is 11.9. The highest BCUT2D eigenvalue weighted by atomic mass is 79.9. The fourth-order valence-electron chi connectivity index (χ4n) is 2.75. The largest absolute Gasteiger partial charge is 0.493 e. The Morgan fingerprint density at radius 2 is 1.71 bits per heavy atom. The molecule has 34 heavy (non-hydrogen) atoms. The monoisotopic (exact) mass is 522 g/mol. The zero-order chi connectivity index (χ0) is 24.3. The van der Waals surface area contributed by atoms with Crippen molar-refractivity contribution in [3.05, 3.63) is 94.5 Å². The second-order valence-corrected chi connectivity index (χ2v) is 7.94. The lowest BCUT2D eigenvalue weighted by Gasteiger charge is -2.12. The van der Waals surface area contributed by atoms with Gasteiger partial charge in [-0.25, -0.2) is 10.2 Å². The summed E-state index contributed by atoms with van der Waals surface area (Å²) in [6.45, 7) is 1.63. The van der Waals surface area contributed by atoms with Gasteiger partial charge in [0.15, 0.2) is 17.6 Å². The van der Waals surface area contributed by atoms with E-state index >= 15 is 0 Å². The molecule has 0 aliphatic rings. The number of rotatable bonds is 9. The average molecular weight is 523 g/mol. The van der Waals surface area contributed by atoms with Gasteiger partial charge in [-0.1, -0.05) is 46.3 Å². The Bertz CT molecular complexity index is 1180. The Morgan fingerprint density at radius 3 is 2.41 bits per heavy atom. The van der Waals surface area contributed by atoms with Crippen molar-refractivity contribution >= 4 is 40.1 Å². The molecule has 1 unspecified atom stereocenters. The molecule has 1 atom stereocenters. The summed E-state index contributed by atoms with van der Waals surface area (Å²) in [6, 6.07) is 21.5. The van der Waals surface area contributed by atoms with Crippen LogP contribution in [0.15, 0.2) is 88.4 Å². The van der Waals surface area contributed by atoms with Crippen molar-refractivity contribution in [3.8, 4) is 17.2 Å². The van der Waals surface area contributed by atoms with Crippen molar-refractivity contribution in [3.63, 3.8) is 0 Å². The smallest absolute Gasteiger partial charge is 0.336 e. The van der Waals surface area contributed by atoms with Crippen LogP contribution in [0, 0.1) is 0 Å². The summed E-state index contributed by atoms with van der Waals surface area (Å²) >= 11 is 3.35. The molecule has 0 aliphatic carbocycles. The molecule has 0 bridgehead atoms. The van der Waals surface area contributed by atoms with Crippen molar-refractivity contribution in [1.29, 1.82) is 0 Å². The van der Waals surface area contributed by atoms with Crippen LogP contribution in [0.2, 0.25) is 0 Å². The van der Waals surface area contributed by atoms with E-state index in [4.69, 9.17) is 14.2 Å². The van der Waals surface area contributed by atoms with E-state index < -0.39 is 18.0 Å². The van der Waals surface area contributed by atoms with Gasteiger partial charge in [0.2, 0.25) is 0 Å². The van der Waals surface area contributed by atoms with Crippen molar-refractivity contribution < 1.29 is 23.8 Å². The number of amides is 1. The Balaban J connectivity index is 1.55. The first kappa shape index (κ1) is 24.7. The maximum absolute atomic E-state index is 12.2. The summed E-state index contributed by atoms with van der Waals surface area (Å²) in [6.07, 6.45) is 3.73. The third-order valence-corrected chi connectivity index (χ3v) is 5.02. The predicted molar refractivity (Wildman–Crippen MR) is 134 cm³/mol. The van der Waals surface area contributed by atoms with Gasteiger partial charge in [0, 0.05) is 10.5 Å². The molecule has 0 saturated heterocycles. The summed E-state index contributed by atoms with van der Waals surface area (Å²) in [7, 11) is 1.47. The standard InChI is InChI=1S/C26H23BrN2O5/c1-18(33-22-12-10-21(27)11-13-22)26(31)29-28-17-20-8-14-23(24(16-20)32-2)34-25(30)15-9-19-6-4-3-5-7-19/h3-18H,1-2H3,(H,29,31)/b15-9+,28-17+. The van der Waals surface area contributed by atoms with Crippen LogP contribution >= 0.6 is 15.9 Å². The number of halogens is 1. The molecule has 0 aromatic heterocycles. The number of benzene rings is 3. The average Bonchev–Trinajstić information content (AvgIpc) is 2.85. The minimum absolute atomic E-state index is 0.267. The fraction of sp³-hybridized carbons (Fsp3) is 0.115. The second kappa shape index (κ2) is 12.4. The van der Waals surface area contributed by atoms with Gasteiger partial charge >= 0.3 is 5.97 Å². The lowest BCUT2D eigenvalue weighted by molar-refractivity contribution is -0.129. The first-order valence-corrected chi connectivity index (χ1v) is 11.1. The van der Waals surface area contributed by atoms with Crippen LogP contribution in [0.3, 0.4) is 0 Å². The van der Waals surface area contributed by atoms with Gasteiger partial charge in [-0.15, -0.1) is 0 Å². The summed E-state index contributed by atoms with van der Waals surface area (Å²) < 4.78 is 17.2. The minimum atomic E-state index is -0.737. The molecular formula is C26H23BrN2O5. The molecule has 0 radical (unpaired) electrons. The Hall–Kier alpha value is -3.91. The summed E-state index contributed by atoms with van der Waals surface area (Å²) in [4.78, 5) is 24.4. The Morgan fingerprint density at radius 1 is 0.971 bits per heavy atom. The molecule has 8 heteroatoms. The van der Waals surface area contributed by atoms with E-state index in [9.17, 15) is 9.59 Å². The predicted octanol–water partition coefficient (Wildman–Crippen LogP) is 4.99. The van der Waals surface area contributed by atoms with Gasteiger partial charge < -0.3 is 14.2 Å². The molecule has 7 nitrogen and oxygen atoms in total. The summed E-state index contributed by atoms with van der Waals surface area (Å²) in [5, 5.41) is 3.96. The van der Waals surface area contributed by atoms with Crippen molar-refractivity contribution in [1.82, 2.24) is 5.43 Å². The molecule has 0 saturated carbocycles. The van der Waals surface area contributed by atoms with Crippen LogP contribution in [0.4, 0.5) is 0 Å². The summed E-state index contributed by atoms with van der Waals surface area (Å²) in [5.74, 6) is 0.257. The highest BCUT2D eigenvalue weighted by Gasteiger charge is 2.14. The lowest BCUT2D eigenvalue weighted by atomic mass is 10.2. The number of carbonyl (C=O) groups excluding carboxylic acids is 2. The molecule has 0 heterocycles. The first-order valence-electron chi connectivity index (χ1n) is 10.3. The molecule has 0 spiro atoms. The molecule has 0 fully saturated rings. The van der Waals surface area contributed by atoms with Crippen molar-refractivity contribution in [2.45, 2.75) is 13.0 Å². The van der Waals surface area contributed by atoms with Crippen LogP contribution in [0.25, 0.3) is 6.08 Å². The van der Waals surface area contributed by atoms with Crippen molar-refractivity contribution in [2.75, 3.05) is 7.11 Å². The number of methoxy groups -OCH3 is 1. The minimum Gasteiger partial charge on any atom is -0.493 e. The van der Waals surface area contributed by atoms with Gasteiger partial charge in [-0.2, -0.15) is 5.10 Å². The van der Waals surface area contributed by atoms with Crippen LogP contribution in [-0.2, 0) is 9.59 Å². The van der Waals surface area contributed by atoms with Crippen LogP contribution in [-0.4, -0.2) is 31.3 Å². The number of nitrogens with one attached hydrogen (secondary N) is 1. The SMILES string of the molecule is COc1cc(/C=N/NC(=O)C(C)Oc2ccc(Br)cc2)ccc1OC(=O)/C=C/c1ccccc1. The number of carbonyl (C=O) groups is 2. The third-order valence-electron chi connectivity index (χ3n) is 4.49. The highest BCUT2D eigenvalue weighted by Crippen LogP contribution is 2.28. The maximum atomic E-state index is 12.2. The summed E-state index contributed by atoms with van der Waals surface area (Å²) in [5.41, 5.74) is 3.96. The number of hydrogen-bond acceptors (Lipinski definition) is 6. The van der Waals surface area contributed by atoms with E-state index in [-0.39, 0.29) is 5.75 Å². The molecule has 3 aromatic carbocycles. The fourth-order valence-corrected chi connectivity index (χ4v) is 3.02. The zero-order valence-corrected chi connectivity index (χ0v) is 20.2. The second-order valence-electron chi connectivity index (χ2n) is 7.02.